The highest BCUT2D eigenvalue weighted by molar-refractivity contribution is 6.03. The second-order valence-corrected chi connectivity index (χ2v) is 5.33. The maximum atomic E-state index is 11.5. The Bertz CT molecular complexity index is 1020. The van der Waals surface area contributed by atoms with E-state index in [1.165, 1.54) is 0 Å². The lowest BCUT2D eigenvalue weighted by Crippen LogP contribution is -2.10. The monoisotopic (exact) mass is 315 g/mol. The fraction of sp³-hybridized carbons (Fsp3) is 0. The Morgan fingerprint density at radius 2 is 1.71 bits per heavy atom. The van der Waals surface area contributed by atoms with Crippen molar-refractivity contribution in [1.29, 1.82) is 0 Å². The average molecular weight is 315 g/mol. The number of aromatic nitrogens is 2. The summed E-state index contributed by atoms with van der Waals surface area (Å²) in [6.07, 6.45) is 1.76. The zero-order valence-electron chi connectivity index (χ0n) is 12.6. The van der Waals surface area contributed by atoms with Crippen molar-refractivity contribution in [3.05, 3.63) is 72.4 Å². The highest BCUT2D eigenvalue weighted by Crippen LogP contribution is 2.28. The van der Waals surface area contributed by atoms with Gasteiger partial charge in [0, 0.05) is 17.3 Å². The van der Waals surface area contributed by atoms with E-state index in [0.717, 1.165) is 16.8 Å². The van der Waals surface area contributed by atoms with E-state index in [0.29, 0.717) is 22.6 Å². The van der Waals surface area contributed by atoms with Gasteiger partial charge in [-0.1, -0.05) is 24.3 Å². The molecule has 0 saturated carbocycles. The summed E-state index contributed by atoms with van der Waals surface area (Å²) in [6.45, 7) is 0. The van der Waals surface area contributed by atoms with E-state index in [9.17, 15) is 4.79 Å². The number of hydrogen-bond acceptors (Lipinski definition) is 4. The maximum Gasteiger partial charge on any atom is 0.252 e. The number of benzene rings is 2. The van der Waals surface area contributed by atoms with Crippen molar-refractivity contribution in [2.24, 2.45) is 5.73 Å². The number of fused-ring (bicyclic) bond motifs is 1. The number of primary amides is 1. The van der Waals surface area contributed by atoms with Crippen molar-refractivity contribution in [3.63, 3.8) is 0 Å². The fourth-order valence-electron chi connectivity index (χ4n) is 2.58. The lowest BCUT2D eigenvalue weighted by atomic mass is 10.1. The molecule has 2 N–H and O–H groups in total. The van der Waals surface area contributed by atoms with Crippen LogP contribution in [0.1, 0.15) is 10.4 Å². The van der Waals surface area contributed by atoms with Gasteiger partial charge < -0.3 is 10.2 Å². The number of nitrogens with zero attached hydrogens (tertiary/aromatic N) is 2. The molecular weight excluding hydrogens is 302 g/mol. The predicted molar refractivity (Wildman–Crippen MR) is 91.2 cm³/mol. The zero-order valence-corrected chi connectivity index (χ0v) is 12.6. The number of oxazole rings is 1. The highest BCUT2D eigenvalue weighted by Gasteiger charge is 2.14. The molecule has 2 aromatic heterocycles. The Balaban J connectivity index is 1.75. The van der Waals surface area contributed by atoms with Gasteiger partial charge in [0.05, 0.1) is 11.3 Å². The molecule has 1 amide bonds. The SMILES string of the molecule is NC(=O)c1cccc2nc(-c3ccc(-c4ccccn4)cc3)oc12. The van der Waals surface area contributed by atoms with Gasteiger partial charge in [0.1, 0.15) is 5.52 Å². The molecule has 0 saturated heterocycles. The van der Waals surface area contributed by atoms with Crippen LogP contribution in [0, 0.1) is 0 Å². The molecule has 5 nitrogen and oxygen atoms in total. The molecule has 0 spiro atoms. The molecule has 0 unspecified atom stereocenters. The second-order valence-electron chi connectivity index (χ2n) is 5.33. The molecule has 116 valence electrons. The van der Waals surface area contributed by atoms with E-state index < -0.39 is 5.91 Å². The van der Waals surface area contributed by atoms with Gasteiger partial charge in [0.2, 0.25) is 5.89 Å². The minimum absolute atomic E-state index is 0.330. The van der Waals surface area contributed by atoms with Crippen LogP contribution in [0.3, 0.4) is 0 Å². The largest absolute Gasteiger partial charge is 0.435 e. The molecule has 0 bridgehead atoms. The number of para-hydroxylation sites is 1. The number of nitrogens with two attached hydrogens (primary N) is 1. The van der Waals surface area contributed by atoms with E-state index >= 15 is 0 Å². The molecule has 4 rings (SSSR count). The fourth-order valence-corrected chi connectivity index (χ4v) is 2.58. The van der Waals surface area contributed by atoms with Crippen LogP contribution in [0.4, 0.5) is 0 Å². The van der Waals surface area contributed by atoms with Crippen LogP contribution in [-0.2, 0) is 0 Å². The minimum Gasteiger partial charge on any atom is -0.435 e. The summed E-state index contributed by atoms with van der Waals surface area (Å²) in [7, 11) is 0. The summed E-state index contributed by atoms with van der Waals surface area (Å²) in [5, 5.41) is 0. The van der Waals surface area contributed by atoms with E-state index in [1.807, 2.05) is 42.5 Å². The van der Waals surface area contributed by atoms with Crippen LogP contribution in [0.15, 0.2) is 71.3 Å². The molecular formula is C19H13N3O2. The second kappa shape index (κ2) is 5.62. The third kappa shape index (κ3) is 2.42. The summed E-state index contributed by atoms with van der Waals surface area (Å²) in [5.74, 6) is -0.0833. The normalized spacial score (nSPS) is 10.8. The Morgan fingerprint density at radius 3 is 2.42 bits per heavy atom. The highest BCUT2D eigenvalue weighted by atomic mass is 16.3. The number of hydrogen-bond donors (Lipinski definition) is 1. The molecule has 0 radical (unpaired) electrons. The van der Waals surface area contributed by atoms with Crippen LogP contribution >= 0.6 is 0 Å². The Morgan fingerprint density at radius 1 is 0.917 bits per heavy atom. The van der Waals surface area contributed by atoms with Crippen molar-refractivity contribution in [1.82, 2.24) is 9.97 Å². The van der Waals surface area contributed by atoms with Gasteiger partial charge in [-0.15, -0.1) is 0 Å². The summed E-state index contributed by atoms with van der Waals surface area (Å²) < 4.78 is 5.76. The van der Waals surface area contributed by atoms with Crippen LogP contribution in [0.5, 0.6) is 0 Å². The maximum absolute atomic E-state index is 11.5. The average Bonchev–Trinajstić information content (AvgIpc) is 3.06. The summed E-state index contributed by atoms with van der Waals surface area (Å²) in [4.78, 5) is 20.3. The first kappa shape index (κ1) is 14.1. The van der Waals surface area contributed by atoms with Gasteiger partial charge in [-0.2, -0.15) is 0 Å². The molecule has 2 aromatic carbocycles. The molecule has 4 aromatic rings. The molecule has 0 aliphatic rings. The third-order valence-electron chi connectivity index (χ3n) is 3.77. The van der Waals surface area contributed by atoms with Crippen molar-refractivity contribution in [2.45, 2.75) is 0 Å². The summed E-state index contributed by atoms with van der Waals surface area (Å²) in [5.41, 5.74) is 9.45. The first-order chi connectivity index (χ1) is 11.7. The minimum atomic E-state index is -0.534. The zero-order chi connectivity index (χ0) is 16.5. The first-order valence-electron chi connectivity index (χ1n) is 7.43. The van der Waals surface area contributed by atoms with Gasteiger partial charge in [0.25, 0.3) is 5.91 Å². The predicted octanol–water partition coefficient (Wildman–Crippen LogP) is 3.66. The Hall–Kier alpha value is -3.47. The third-order valence-corrected chi connectivity index (χ3v) is 3.77. The van der Waals surface area contributed by atoms with E-state index in [4.69, 9.17) is 10.2 Å². The van der Waals surface area contributed by atoms with Crippen molar-refractivity contribution >= 4 is 17.0 Å². The lowest BCUT2D eigenvalue weighted by Gasteiger charge is -2.01. The van der Waals surface area contributed by atoms with Crippen LogP contribution in [0.2, 0.25) is 0 Å². The number of rotatable bonds is 3. The first-order valence-corrected chi connectivity index (χ1v) is 7.43. The Kier molecular flexibility index (Phi) is 3.31. The Labute approximate surface area is 137 Å². The topological polar surface area (TPSA) is 82.0 Å². The van der Waals surface area contributed by atoms with E-state index in [-0.39, 0.29) is 0 Å². The van der Waals surface area contributed by atoms with Gasteiger partial charge in [0.15, 0.2) is 5.58 Å². The molecule has 0 aliphatic heterocycles. The molecule has 0 fully saturated rings. The number of pyridine rings is 1. The molecule has 5 heteroatoms. The van der Waals surface area contributed by atoms with E-state index in [2.05, 4.69) is 9.97 Å². The summed E-state index contributed by atoms with van der Waals surface area (Å²) in [6, 6.07) is 18.7. The van der Waals surface area contributed by atoms with Crippen LogP contribution < -0.4 is 5.73 Å². The van der Waals surface area contributed by atoms with Crippen molar-refractivity contribution in [3.8, 4) is 22.7 Å². The number of amides is 1. The van der Waals surface area contributed by atoms with Crippen LogP contribution in [0.25, 0.3) is 33.8 Å². The number of carbonyl (C=O) groups is 1. The van der Waals surface area contributed by atoms with Crippen molar-refractivity contribution < 1.29 is 9.21 Å². The lowest BCUT2D eigenvalue weighted by molar-refractivity contribution is 0.100. The number of carbonyl (C=O) groups excluding carboxylic acids is 1. The van der Waals surface area contributed by atoms with Crippen LogP contribution in [-0.4, -0.2) is 15.9 Å². The molecule has 24 heavy (non-hydrogen) atoms. The van der Waals surface area contributed by atoms with E-state index in [1.54, 1.807) is 24.4 Å². The van der Waals surface area contributed by atoms with Gasteiger partial charge in [-0.05, 0) is 36.4 Å². The molecule has 2 heterocycles. The van der Waals surface area contributed by atoms with Gasteiger partial charge in [-0.3, -0.25) is 9.78 Å². The standard InChI is InChI=1S/C19H13N3O2/c20-18(23)14-4-3-6-16-17(14)24-19(22-16)13-9-7-12(8-10-13)15-5-1-2-11-21-15/h1-11H,(H2,20,23). The smallest absolute Gasteiger partial charge is 0.252 e. The molecule has 0 atom stereocenters. The van der Waals surface area contributed by atoms with Crippen molar-refractivity contribution in [2.75, 3.05) is 0 Å². The van der Waals surface area contributed by atoms with Gasteiger partial charge >= 0.3 is 0 Å². The summed E-state index contributed by atoms with van der Waals surface area (Å²) >= 11 is 0. The van der Waals surface area contributed by atoms with Gasteiger partial charge in [-0.25, -0.2) is 4.98 Å². The quantitative estimate of drug-likeness (QED) is 0.625. The molecule has 0 aliphatic carbocycles.